The van der Waals surface area contributed by atoms with E-state index in [1.165, 1.54) is 24.8 Å². The molecule has 1 atom stereocenters. The van der Waals surface area contributed by atoms with Crippen LogP contribution in [-0.4, -0.2) is 18.7 Å². The van der Waals surface area contributed by atoms with Crippen LogP contribution in [0, 0.1) is 0 Å². The van der Waals surface area contributed by atoms with E-state index < -0.39 is 0 Å². The fourth-order valence-electron chi connectivity index (χ4n) is 2.13. The number of hydrogen-bond donors (Lipinski definition) is 0. The van der Waals surface area contributed by atoms with Crippen molar-refractivity contribution < 1.29 is 4.84 Å². The van der Waals surface area contributed by atoms with Crippen LogP contribution >= 0.6 is 0 Å². The lowest BCUT2D eigenvalue weighted by Gasteiger charge is -2.33. The summed E-state index contributed by atoms with van der Waals surface area (Å²) in [4.78, 5) is 5.39. The SMILES string of the molecule is CON1CCCCC1c1ccccc1. The molecule has 1 aromatic rings. The molecule has 1 aliphatic rings. The van der Waals surface area contributed by atoms with Crippen LogP contribution in [0.25, 0.3) is 0 Å². The normalized spacial score (nSPS) is 23.6. The Hall–Kier alpha value is -0.860. The van der Waals surface area contributed by atoms with Crippen molar-refractivity contribution in [2.24, 2.45) is 0 Å². The average Bonchev–Trinajstić information content (AvgIpc) is 2.30. The van der Waals surface area contributed by atoms with Gasteiger partial charge in [0.15, 0.2) is 0 Å². The minimum Gasteiger partial charge on any atom is -0.302 e. The standard InChI is InChI=1S/C12H17NO/c1-14-13-10-6-5-9-12(13)11-7-3-2-4-8-11/h2-4,7-8,12H,5-6,9-10H2,1H3. The van der Waals surface area contributed by atoms with E-state index in [0.29, 0.717) is 6.04 Å². The highest BCUT2D eigenvalue weighted by Crippen LogP contribution is 2.30. The summed E-state index contributed by atoms with van der Waals surface area (Å²) in [7, 11) is 1.77. The lowest BCUT2D eigenvalue weighted by Crippen LogP contribution is -2.32. The zero-order valence-corrected chi connectivity index (χ0v) is 8.65. The van der Waals surface area contributed by atoms with Crippen molar-refractivity contribution >= 4 is 0 Å². The molecule has 1 aliphatic heterocycles. The van der Waals surface area contributed by atoms with Crippen LogP contribution in [-0.2, 0) is 4.84 Å². The quantitative estimate of drug-likeness (QED) is 0.712. The van der Waals surface area contributed by atoms with Crippen molar-refractivity contribution in [3.8, 4) is 0 Å². The third-order valence-corrected chi connectivity index (χ3v) is 2.87. The van der Waals surface area contributed by atoms with Gasteiger partial charge < -0.3 is 4.84 Å². The van der Waals surface area contributed by atoms with Gasteiger partial charge in [0.25, 0.3) is 0 Å². The predicted octanol–water partition coefficient (Wildman–Crippen LogP) is 2.78. The van der Waals surface area contributed by atoms with Crippen molar-refractivity contribution in [2.45, 2.75) is 25.3 Å². The number of piperidine rings is 1. The molecule has 1 saturated heterocycles. The van der Waals surface area contributed by atoms with Crippen LogP contribution in [0.4, 0.5) is 0 Å². The van der Waals surface area contributed by atoms with Crippen LogP contribution in [0.2, 0.25) is 0 Å². The Kier molecular flexibility index (Phi) is 3.17. The Labute approximate surface area is 85.4 Å². The van der Waals surface area contributed by atoms with E-state index in [1.807, 2.05) is 0 Å². The third-order valence-electron chi connectivity index (χ3n) is 2.87. The molecule has 2 heteroatoms. The molecule has 0 spiro atoms. The van der Waals surface area contributed by atoms with Gasteiger partial charge in [-0.05, 0) is 18.4 Å². The largest absolute Gasteiger partial charge is 0.302 e. The summed E-state index contributed by atoms with van der Waals surface area (Å²) in [5, 5.41) is 2.10. The van der Waals surface area contributed by atoms with Crippen molar-refractivity contribution in [1.29, 1.82) is 0 Å². The summed E-state index contributed by atoms with van der Waals surface area (Å²) in [5.74, 6) is 0. The number of hydrogen-bond acceptors (Lipinski definition) is 2. The summed E-state index contributed by atoms with van der Waals surface area (Å²) in [6, 6.07) is 11.1. The smallest absolute Gasteiger partial charge is 0.0601 e. The zero-order chi connectivity index (χ0) is 9.80. The first-order valence-electron chi connectivity index (χ1n) is 5.27. The Balaban J connectivity index is 2.15. The number of hydroxylamine groups is 2. The molecular formula is C12H17NO. The highest BCUT2D eigenvalue weighted by molar-refractivity contribution is 5.18. The first-order valence-corrected chi connectivity index (χ1v) is 5.27. The van der Waals surface area contributed by atoms with Crippen molar-refractivity contribution in [1.82, 2.24) is 5.06 Å². The molecule has 1 heterocycles. The molecule has 1 aromatic carbocycles. The molecule has 0 saturated carbocycles. The summed E-state index contributed by atoms with van der Waals surface area (Å²) >= 11 is 0. The lowest BCUT2D eigenvalue weighted by atomic mass is 9.97. The molecule has 0 aliphatic carbocycles. The second kappa shape index (κ2) is 4.58. The molecule has 2 rings (SSSR count). The lowest BCUT2D eigenvalue weighted by molar-refractivity contribution is -0.176. The van der Waals surface area contributed by atoms with Gasteiger partial charge in [0, 0.05) is 6.54 Å². The topological polar surface area (TPSA) is 12.5 Å². The van der Waals surface area contributed by atoms with Crippen LogP contribution in [0.1, 0.15) is 30.9 Å². The maximum Gasteiger partial charge on any atom is 0.0601 e. The molecule has 14 heavy (non-hydrogen) atoms. The first kappa shape index (κ1) is 9.69. The van der Waals surface area contributed by atoms with E-state index >= 15 is 0 Å². The number of nitrogens with zero attached hydrogens (tertiary/aromatic N) is 1. The van der Waals surface area contributed by atoms with E-state index in [1.54, 1.807) is 7.11 Å². The minimum absolute atomic E-state index is 0.454. The van der Waals surface area contributed by atoms with E-state index in [0.717, 1.165) is 6.54 Å². The molecule has 0 radical (unpaired) electrons. The minimum atomic E-state index is 0.454. The fourth-order valence-corrected chi connectivity index (χ4v) is 2.13. The Morgan fingerprint density at radius 2 is 2.00 bits per heavy atom. The first-order chi connectivity index (χ1) is 6.92. The van der Waals surface area contributed by atoms with Crippen LogP contribution in [0.5, 0.6) is 0 Å². The van der Waals surface area contributed by atoms with Gasteiger partial charge in [-0.2, -0.15) is 5.06 Å². The van der Waals surface area contributed by atoms with Gasteiger partial charge in [0.05, 0.1) is 13.2 Å². The van der Waals surface area contributed by atoms with Crippen LogP contribution in [0.15, 0.2) is 30.3 Å². The summed E-state index contributed by atoms with van der Waals surface area (Å²) in [5.41, 5.74) is 1.37. The monoisotopic (exact) mass is 191 g/mol. The van der Waals surface area contributed by atoms with Crippen molar-refractivity contribution in [3.63, 3.8) is 0 Å². The Morgan fingerprint density at radius 3 is 2.71 bits per heavy atom. The number of benzene rings is 1. The van der Waals surface area contributed by atoms with Crippen molar-refractivity contribution in [2.75, 3.05) is 13.7 Å². The van der Waals surface area contributed by atoms with Gasteiger partial charge in [0.1, 0.15) is 0 Å². The molecule has 0 aromatic heterocycles. The molecule has 1 fully saturated rings. The third kappa shape index (κ3) is 1.97. The molecule has 2 nitrogen and oxygen atoms in total. The average molecular weight is 191 g/mol. The van der Waals surface area contributed by atoms with Gasteiger partial charge >= 0.3 is 0 Å². The zero-order valence-electron chi connectivity index (χ0n) is 8.65. The number of rotatable bonds is 2. The molecular weight excluding hydrogens is 174 g/mol. The predicted molar refractivity (Wildman–Crippen MR) is 56.7 cm³/mol. The van der Waals surface area contributed by atoms with Gasteiger partial charge in [-0.1, -0.05) is 36.8 Å². The molecule has 0 amide bonds. The second-order valence-electron chi connectivity index (χ2n) is 3.75. The van der Waals surface area contributed by atoms with Crippen molar-refractivity contribution in [3.05, 3.63) is 35.9 Å². The van der Waals surface area contributed by atoms with E-state index in [2.05, 4.69) is 35.4 Å². The van der Waals surface area contributed by atoms with Crippen LogP contribution in [0.3, 0.4) is 0 Å². The van der Waals surface area contributed by atoms with Crippen LogP contribution < -0.4 is 0 Å². The van der Waals surface area contributed by atoms with E-state index in [9.17, 15) is 0 Å². The van der Waals surface area contributed by atoms with Gasteiger partial charge in [-0.15, -0.1) is 0 Å². The van der Waals surface area contributed by atoms with Gasteiger partial charge in [-0.25, -0.2) is 0 Å². The maximum atomic E-state index is 5.39. The molecule has 0 bridgehead atoms. The Morgan fingerprint density at radius 1 is 1.21 bits per heavy atom. The maximum absolute atomic E-state index is 5.39. The summed E-state index contributed by atoms with van der Waals surface area (Å²) in [6.07, 6.45) is 3.76. The highest BCUT2D eigenvalue weighted by atomic mass is 16.7. The molecule has 76 valence electrons. The second-order valence-corrected chi connectivity index (χ2v) is 3.75. The Bertz CT molecular complexity index is 273. The van der Waals surface area contributed by atoms with E-state index in [-0.39, 0.29) is 0 Å². The van der Waals surface area contributed by atoms with E-state index in [4.69, 9.17) is 4.84 Å². The fraction of sp³-hybridized carbons (Fsp3) is 0.500. The van der Waals surface area contributed by atoms with Gasteiger partial charge in [-0.3, -0.25) is 0 Å². The molecule has 1 unspecified atom stereocenters. The van der Waals surface area contributed by atoms with Gasteiger partial charge in [0.2, 0.25) is 0 Å². The molecule has 0 N–H and O–H groups in total. The summed E-state index contributed by atoms with van der Waals surface area (Å²) in [6.45, 7) is 1.05. The highest BCUT2D eigenvalue weighted by Gasteiger charge is 2.23. The summed E-state index contributed by atoms with van der Waals surface area (Å²) < 4.78 is 0.